The molecule has 2 rings (SSSR count). The Kier molecular flexibility index (Phi) is 6.75. The van der Waals surface area contributed by atoms with Gasteiger partial charge in [0.25, 0.3) is 0 Å². The van der Waals surface area contributed by atoms with E-state index >= 15 is 0 Å². The Labute approximate surface area is 140 Å². The molecule has 0 amide bonds. The van der Waals surface area contributed by atoms with Gasteiger partial charge in [0.15, 0.2) is 0 Å². The molecule has 1 fully saturated rings. The first-order chi connectivity index (χ1) is 10.1. The lowest BCUT2D eigenvalue weighted by Crippen LogP contribution is -2.49. The molecule has 21 heavy (non-hydrogen) atoms. The molecule has 0 bridgehead atoms. The Morgan fingerprint density at radius 2 is 2.14 bits per heavy atom. The average Bonchev–Trinajstić information content (AvgIpc) is 2.81. The SMILES string of the molecule is CCc1nn(CC)c(CC(NN)C2SCCSC2C)c1Cl. The summed E-state index contributed by atoms with van der Waals surface area (Å²) in [5.74, 6) is 8.27. The van der Waals surface area contributed by atoms with Crippen LogP contribution >= 0.6 is 35.1 Å². The molecule has 0 aromatic carbocycles. The zero-order chi connectivity index (χ0) is 15.4. The lowest BCUT2D eigenvalue weighted by atomic mass is 10.1. The van der Waals surface area contributed by atoms with Gasteiger partial charge in [0.05, 0.1) is 16.4 Å². The summed E-state index contributed by atoms with van der Waals surface area (Å²) in [7, 11) is 0. The minimum Gasteiger partial charge on any atom is -0.271 e. The van der Waals surface area contributed by atoms with Crippen LogP contribution in [0.1, 0.15) is 32.2 Å². The summed E-state index contributed by atoms with van der Waals surface area (Å²) in [6, 6.07) is 0.224. The molecule has 0 spiro atoms. The van der Waals surface area contributed by atoms with Gasteiger partial charge in [-0.2, -0.15) is 28.6 Å². The number of thioether (sulfide) groups is 2. The molecule has 0 saturated carbocycles. The van der Waals surface area contributed by atoms with Gasteiger partial charge in [-0.15, -0.1) is 0 Å². The van der Waals surface area contributed by atoms with Gasteiger partial charge < -0.3 is 0 Å². The first-order valence-corrected chi connectivity index (χ1v) is 10.0. The summed E-state index contributed by atoms with van der Waals surface area (Å²) in [5, 5.41) is 6.54. The highest BCUT2D eigenvalue weighted by atomic mass is 35.5. The van der Waals surface area contributed by atoms with Crippen LogP contribution in [0.4, 0.5) is 0 Å². The molecule has 7 heteroatoms. The number of hydrazine groups is 1. The van der Waals surface area contributed by atoms with Gasteiger partial charge in [0.1, 0.15) is 0 Å². The van der Waals surface area contributed by atoms with Gasteiger partial charge in [-0.05, 0) is 13.3 Å². The average molecular weight is 349 g/mol. The highest BCUT2D eigenvalue weighted by molar-refractivity contribution is 8.07. The third-order valence-electron chi connectivity index (χ3n) is 3.96. The summed E-state index contributed by atoms with van der Waals surface area (Å²) in [5.41, 5.74) is 5.12. The standard InChI is InChI=1S/C14H25ClN4S2/c1-4-10-13(15)12(19(5-2)18-10)8-11(17-16)14-9(3)20-6-7-21-14/h9,11,14,17H,4-8,16H2,1-3H3. The largest absolute Gasteiger partial charge is 0.271 e. The molecule has 3 N–H and O–H groups in total. The first kappa shape index (κ1) is 17.5. The van der Waals surface area contributed by atoms with Gasteiger partial charge in [0.2, 0.25) is 0 Å². The van der Waals surface area contributed by atoms with Gasteiger partial charge >= 0.3 is 0 Å². The van der Waals surface area contributed by atoms with Crippen molar-refractivity contribution in [3.8, 4) is 0 Å². The maximum Gasteiger partial charge on any atom is 0.0850 e. The van der Waals surface area contributed by atoms with E-state index in [1.54, 1.807) is 0 Å². The summed E-state index contributed by atoms with van der Waals surface area (Å²) >= 11 is 10.6. The van der Waals surface area contributed by atoms with Crippen molar-refractivity contribution in [1.29, 1.82) is 0 Å². The summed E-state index contributed by atoms with van der Waals surface area (Å²) in [6.45, 7) is 7.33. The highest BCUT2D eigenvalue weighted by Gasteiger charge is 2.31. The van der Waals surface area contributed by atoms with Crippen LogP contribution < -0.4 is 11.3 Å². The van der Waals surface area contributed by atoms with Crippen LogP contribution in [0.5, 0.6) is 0 Å². The third-order valence-corrected chi connectivity index (χ3v) is 7.64. The quantitative estimate of drug-likeness (QED) is 0.611. The molecule has 1 saturated heterocycles. The molecule has 4 nitrogen and oxygen atoms in total. The Morgan fingerprint density at radius 1 is 1.43 bits per heavy atom. The van der Waals surface area contributed by atoms with Gasteiger partial charge in [-0.1, -0.05) is 25.4 Å². The van der Waals surface area contributed by atoms with E-state index in [2.05, 4.69) is 31.3 Å². The molecule has 120 valence electrons. The fourth-order valence-corrected chi connectivity index (χ4v) is 6.07. The Hall–Kier alpha value is 0.120. The van der Waals surface area contributed by atoms with Crippen LogP contribution in [-0.4, -0.2) is 37.8 Å². The number of halogens is 1. The number of nitrogens with two attached hydrogens (primary N) is 1. The van der Waals surface area contributed by atoms with Crippen molar-refractivity contribution in [2.24, 2.45) is 5.84 Å². The number of hydrogen-bond acceptors (Lipinski definition) is 5. The van der Waals surface area contributed by atoms with Crippen LogP contribution in [0.15, 0.2) is 0 Å². The lowest BCUT2D eigenvalue weighted by molar-refractivity contribution is 0.480. The van der Waals surface area contributed by atoms with Crippen molar-refractivity contribution in [3.63, 3.8) is 0 Å². The molecule has 3 atom stereocenters. The van der Waals surface area contributed by atoms with E-state index in [4.69, 9.17) is 17.4 Å². The van der Waals surface area contributed by atoms with Crippen LogP contribution in [0.2, 0.25) is 5.02 Å². The summed E-state index contributed by atoms with van der Waals surface area (Å²) in [6.07, 6.45) is 1.70. The first-order valence-electron chi connectivity index (χ1n) is 7.55. The van der Waals surface area contributed by atoms with E-state index in [0.29, 0.717) is 10.5 Å². The van der Waals surface area contributed by atoms with Gasteiger partial charge in [-0.25, -0.2) is 0 Å². The van der Waals surface area contributed by atoms with Gasteiger partial charge in [-0.3, -0.25) is 16.0 Å². The molecule has 3 unspecified atom stereocenters. The molecule has 1 aliphatic rings. The van der Waals surface area contributed by atoms with E-state index < -0.39 is 0 Å². The van der Waals surface area contributed by atoms with Crippen LogP contribution in [-0.2, 0) is 19.4 Å². The molecule has 1 aromatic rings. The third kappa shape index (κ3) is 3.91. The Balaban J connectivity index is 2.19. The Morgan fingerprint density at radius 3 is 2.71 bits per heavy atom. The van der Waals surface area contributed by atoms with Crippen molar-refractivity contribution in [2.75, 3.05) is 11.5 Å². The predicted octanol–water partition coefficient (Wildman–Crippen LogP) is 2.73. The maximum atomic E-state index is 6.52. The fourth-order valence-electron chi connectivity index (χ4n) is 2.78. The molecule has 2 heterocycles. The molecule has 1 aromatic heterocycles. The topological polar surface area (TPSA) is 55.9 Å². The minimum absolute atomic E-state index is 0.224. The zero-order valence-electron chi connectivity index (χ0n) is 12.9. The number of aromatic nitrogens is 2. The molecular weight excluding hydrogens is 324 g/mol. The summed E-state index contributed by atoms with van der Waals surface area (Å²) in [4.78, 5) is 0. The number of aryl methyl sites for hydroxylation is 2. The predicted molar refractivity (Wildman–Crippen MR) is 95.3 cm³/mol. The van der Waals surface area contributed by atoms with Crippen molar-refractivity contribution in [2.45, 2.75) is 56.7 Å². The zero-order valence-corrected chi connectivity index (χ0v) is 15.3. The van der Waals surface area contributed by atoms with E-state index in [9.17, 15) is 0 Å². The number of nitrogens with zero attached hydrogens (tertiary/aromatic N) is 2. The Bertz CT molecular complexity index is 466. The minimum atomic E-state index is 0.224. The second kappa shape index (κ2) is 8.11. The summed E-state index contributed by atoms with van der Waals surface area (Å²) < 4.78 is 2.02. The monoisotopic (exact) mass is 348 g/mol. The van der Waals surface area contributed by atoms with Crippen molar-refractivity contribution < 1.29 is 0 Å². The van der Waals surface area contributed by atoms with E-state index in [1.165, 1.54) is 11.5 Å². The van der Waals surface area contributed by atoms with E-state index in [1.807, 2.05) is 28.2 Å². The molecule has 0 radical (unpaired) electrons. The van der Waals surface area contributed by atoms with Crippen molar-refractivity contribution in [1.82, 2.24) is 15.2 Å². The second-order valence-corrected chi connectivity index (χ2v) is 8.41. The van der Waals surface area contributed by atoms with E-state index in [-0.39, 0.29) is 6.04 Å². The highest BCUT2D eigenvalue weighted by Crippen LogP contribution is 2.34. The maximum absolute atomic E-state index is 6.52. The lowest BCUT2D eigenvalue weighted by Gasteiger charge is -2.34. The van der Waals surface area contributed by atoms with Crippen LogP contribution in [0.3, 0.4) is 0 Å². The normalized spacial score (nSPS) is 24.2. The second-order valence-electron chi connectivity index (χ2n) is 5.27. The van der Waals surface area contributed by atoms with Crippen molar-refractivity contribution >= 4 is 35.1 Å². The smallest absolute Gasteiger partial charge is 0.0850 e. The number of rotatable bonds is 6. The fraction of sp³-hybridized carbons (Fsp3) is 0.786. The molecular formula is C14H25ClN4S2. The van der Waals surface area contributed by atoms with E-state index in [0.717, 1.165) is 35.8 Å². The molecule has 0 aliphatic carbocycles. The van der Waals surface area contributed by atoms with Crippen molar-refractivity contribution in [3.05, 3.63) is 16.4 Å². The van der Waals surface area contributed by atoms with Gasteiger partial charge in [0, 0.05) is 41.0 Å². The number of nitrogens with one attached hydrogen (secondary N) is 1. The molecule has 1 aliphatic heterocycles. The van der Waals surface area contributed by atoms with Crippen LogP contribution in [0.25, 0.3) is 0 Å². The van der Waals surface area contributed by atoms with Crippen LogP contribution in [0, 0.1) is 0 Å². The number of hydrogen-bond donors (Lipinski definition) is 2.